The van der Waals surface area contributed by atoms with E-state index in [1.165, 1.54) is 21.8 Å². The summed E-state index contributed by atoms with van der Waals surface area (Å²) < 4.78 is 2.34. The second kappa shape index (κ2) is 6.19. The summed E-state index contributed by atoms with van der Waals surface area (Å²) in [5.74, 6) is 0.114. The highest BCUT2D eigenvalue weighted by Crippen LogP contribution is 2.31. The van der Waals surface area contributed by atoms with E-state index in [0.29, 0.717) is 0 Å². The first kappa shape index (κ1) is 15.1. The Balaban J connectivity index is 1.75. The van der Waals surface area contributed by atoms with Gasteiger partial charge in [0.05, 0.1) is 0 Å². The average Bonchev–Trinajstić information content (AvgIpc) is 2.79. The molecule has 1 aromatic heterocycles. The summed E-state index contributed by atoms with van der Waals surface area (Å²) in [7, 11) is 0. The number of hydrogen-bond acceptors (Lipinski definition) is 2. The van der Waals surface area contributed by atoms with Gasteiger partial charge in [-0.15, -0.1) is 0 Å². The first-order chi connectivity index (χ1) is 11.8. The van der Waals surface area contributed by atoms with Crippen LogP contribution < -0.4 is 10.6 Å². The topological polar surface area (TPSA) is 46.1 Å². The highest BCUT2D eigenvalue weighted by atomic mass is 16.2. The molecule has 24 heavy (non-hydrogen) atoms. The summed E-state index contributed by atoms with van der Waals surface area (Å²) in [4.78, 5) is 12.2. The summed E-state index contributed by atoms with van der Waals surface area (Å²) in [6, 6.07) is 14.8. The van der Waals surface area contributed by atoms with Crippen LogP contribution in [0.25, 0.3) is 21.8 Å². The monoisotopic (exact) mass is 321 g/mol. The molecule has 1 aliphatic rings. The molecule has 2 N–H and O–H groups in total. The maximum atomic E-state index is 12.2. The van der Waals surface area contributed by atoms with Crippen LogP contribution in [0.5, 0.6) is 0 Å². The van der Waals surface area contributed by atoms with Gasteiger partial charge in [-0.3, -0.25) is 4.79 Å². The lowest BCUT2D eigenvalue weighted by Gasteiger charge is -2.16. The third kappa shape index (κ3) is 2.52. The van der Waals surface area contributed by atoms with Gasteiger partial charge in [0.25, 0.3) is 0 Å². The molecule has 4 heteroatoms. The van der Waals surface area contributed by atoms with Crippen molar-refractivity contribution in [1.82, 2.24) is 9.88 Å². The molecular formula is C20H23N3O. The van der Waals surface area contributed by atoms with Gasteiger partial charge in [0.2, 0.25) is 5.91 Å². The van der Waals surface area contributed by atoms with Gasteiger partial charge in [-0.25, -0.2) is 0 Å². The molecule has 4 nitrogen and oxygen atoms in total. The Kier molecular flexibility index (Phi) is 3.89. The van der Waals surface area contributed by atoms with Crippen LogP contribution in [0, 0.1) is 0 Å². The molecule has 4 rings (SSSR count). The van der Waals surface area contributed by atoms with Crippen molar-refractivity contribution in [3.63, 3.8) is 0 Å². The lowest BCUT2D eigenvalue weighted by molar-refractivity contribution is -0.121. The molecule has 1 amide bonds. The normalized spacial score (nSPS) is 18.5. The fourth-order valence-corrected chi connectivity index (χ4v) is 3.76. The second-order valence-corrected chi connectivity index (χ2v) is 6.48. The van der Waals surface area contributed by atoms with E-state index >= 15 is 0 Å². The van der Waals surface area contributed by atoms with Gasteiger partial charge < -0.3 is 15.2 Å². The molecular weight excluding hydrogens is 298 g/mol. The number of aryl methyl sites for hydroxylation is 1. The van der Waals surface area contributed by atoms with Crippen molar-refractivity contribution in [3.8, 4) is 0 Å². The molecule has 1 fully saturated rings. The Bertz CT molecular complexity index is 896. The number of para-hydroxylation sites is 1. The van der Waals surface area contributed by atoms with Crippen molar-refractivity contribution < 1.29 is 4.79 Å². The van der Waals surface area contributed by atoms with Crippen LogP contribution in [-0.4, -0.2) is 23.1 Å². The molecule has 1 aliphatic heterocycles. The SMILES string of the molecule is CCn1c2ccccc2c2cc(N[C@H]3CCCCNC3=O)ccc21. The van der Waals surface area contributed by atoms with E-state index in [2.05, 4.69) is 64.6 Å². The van der Waals surface area contributed by atoms with Crippen LogP contribution in [0.2, 0.25) is 0 Å². The van der Waals surface area contributed by atoms with E-state index in [1.54, 1.807) is 0 Å². The minimum atomic E-state index is -0.135. The van der Waals surface area contributed by atoms with Gasteiger partial charge in [-0.1, -0.05) is 18.2 Å². The molecule has 0 unspecified atom stereocenters. The number of amides is 1. The molecule has 0 bridgehead atoms. The lowest BCUT2D eigenvalue weighted by atomic mass is 10.1. The van der Waals surface area contributed by atoms with Gasteiger partial charge >= 0.3 is 0 Å². The van der Waals surface area contributed by atoms with Gasteiger partial charge in [0.15, 0.2) is 0 Å². The van der Waals surface area contributed by atoms with Gasteiger partial charge in [0.1, 0.15) is 6.04 Å². The van der Waals surface area contributed by atoms with Crippen molar-refractivity contribution in [2.45, 2.75) is 38.8 Å². The Labute approximate surface area is 141 Å². The van der Waals surface area contributed by atoms with E-state index in [4.69, 9.17) is 0 Å². The number of carbonyl (C=O) groups excluding carboxylic acids is 1. The zero-order valence-corrected chi connectivity index (χ0v) is 14.0. The zero-order valence-electron chi connectivity index (χ0n) is 14.0. The van der Waals surface area contributed by atoms with E-state index in [9.17, 15) is 4.79 Å². The van der Waals surface area contributed by atoms with Crippen LogP contribution in [-0.2, 0) is 11.3 Å². The number of rotatable bonds is 3. The summed E-state index contributed by atoms with van der Waals surface area (Å²) in [6.07, 6.45) is 3.03. The highest BCUT2D eigenvalue weighted by Gasteiger charge is 2.20. The number of nitrogens with zero attached hydrogens (tertiary/aromatic N) is 1. The molecule has 0 aliphatic carbocycles. The van der Waals surface area contributed by atoms with Gasteiger partial charge in [0, 0.05) is 40.6 Å². The van der Waals surface area contributed by atoms with E-state index in [1.807, 2.05) is 0 Å². The number of aromatic nitrogens is 1. The van der Waals surface area contributed by atoms with Crippen molar-refractivity contribution >= 4 is 33.4 Å². The molecule has 1 atom stereocenters. The summed E-state index contributed by atoms with van der Waals surface area (Å²) in [5, 5.41) is 8.93. The minimum Gasteiger partial charge on any atom is -0.374 e. The maximum absolute atomic E-state index is 12.2. The second-order valence-electron chi connectivity index (χ2n) is 6.48. The number of carbonyl (C=O) groups is 1. The molecule has 3 aromatic rings. The van der Waals surface area contributed by atoms with Crippen LogP contribution >= 0.6 is 0 Å². The first-order valence-corrected chi connectivity index (χ1v) is 8.83. The summed E-state index contributed by atoms with van der Waals surface area (Å²) in [6.45, 7) is 3.91. The first-order valence-electron chi connectivity index (χ1n) is 8.83. The van der Waals surface area contributed by atoms with E-state index < -0.39 is 0 Å². The Hall–Kier alpha value is -2.49. The molecule has 0 spiro atoms. The molecule has 0 saturated carbocycles. The third-order valence-electron chi connectivity index (χ3n) is 4.96. The number of hydrogen-bond donors (Lipinski definition) is 2. The van der Waals surface area contributed by atoms with Crippen molar-refractivity contribution in [2.24, 2.45) is 0 Å². The number of benzene rings is 2. The van der Waals surface area contributed by atoms with Gasteiger partial charge in [-0.2, -0.15) is 0 Å². The Morgan fingerprint density at radius 3 is 2.83 bits per heavy atom. The van der Waals surface area contributed by atoms with Gasteiger partial charge in [-0.05, 0) is 50.5 Å². The summed E-state index contributed by atoms with van der Waals surface area (Å²) in [5.41, 5.74) is 3.53. The van der Waals surface area contributed by atoms with Crippen LogP contribution in [0.1, 0.15) is 26.2 Å². The largest absolute Gasteiger partial charge is 0.374 e. The smallest absolute Gasteiger partial charge is 0.242 e. The summed E-state index contributed by atoms with van der Waals surface area (Å²) >= 11 is 0. The fourth-order valence-electron chi connectivity index (χ4n) is 3.76. The predicted octanol–water partition coefficient (Wildman–Crippen LogP) is 3.90. The third-order valence-corrected chi connectivity index (χ3v) is 4.96. The maximum Gasteiger partial charge on any atom is 0.242 e. The number of anilines is 1. The molecule has 2 aromatic carbocycles. The zero-order chi connectivity index (χ0) is 16.5. The van der Waals surface area contributed by atoms with Crippen molar-refractivity contribution in [3.05, 3.63) is 42.5 Å². The van der Waals surface area contributed by atoms with Crippen LogP contribution in [0.4, 0.5) is 5.69 Å². The van der Waals surface area contributed by atoms with Crippen LogP contribution in [0.15, 0.2) is 42.5 Å². The molecule has 2 heterocycles. The average molecular weight is 321 g/mol. The van der Waals surface area contributed by atoms with E-state index in [-0.39, 0.29) is 11.9 Å². The highest BCUT2D eigenvalue weighted by molar-refractivity contribution is 6.09. The molecule has 0 radical (unpaired) electrons. The standard InChI is InChI=1S/C20H23N3O/c1-2-23-18-9-4-3-7-15(18)16-13-14(10-11-19(16)23)22-17-8-5-6-12-21-20(17)24/h3-4,7,9-11,13,17,22H,2,5-6,8,12H2,1H3,(H,21,24)/t17-/m0/s1. The number of nitrogens with one attached hydrogen (secondary N) is 2. The van der Waals surface area contributed by atoms with Crippen LogP contribution in [0.3, 0.4) is 0 Å². The lowest BCUT2D eigenvalue weighted by Crippen LogP contribution is -2.37. The minimum absolute atomic E-state index is 0.114. The quantitative estimate of drug-likeness (QED) is 0.768. The predicted molar refractivity (Wildman–Crippen MR) is 99.4 cm³/mol. The van der Waals surface area contributed by atoms with Crippen molar-refractivity contribution in [1.29, 1.82) is 0 Å². The Morgan fingerprint density at radius 2 is 1.96 bits per heavy atom. The fraction of sp³-hybridized carbons (Fsp3) is 0.350. The molecule has 124 valence electrons. The Morgan fingerprint density at radius 1 is 1.12 bits per heavy atom. The molecule has 1 saturated heterocycles. The number of fused-ring (bicyclic) bond motifs is 3. The van der Waals surface area contributed by atoms with Crippen molar-refractivity contribution in [2.75, 3.05) is 11.9 Å². The van der Waals surface area contributed by atoms with E-state index in [0.717, 1.165) is 38.0 Å².